The average Bonchev–Trinajstić information content (AvgIpc) is 3.56. The molecule has 0 aliphatic heterocycles. The summed E-state index contributed by atoms with van der Waals surface area (Å²) in [7, 11) is 3.65. The van der Waals surface area contributed by atoms with Crippen molar-refractivity contribution in [2.45, 2.75) is 30.6 Å². The van der Waals surface area contributed by atoms with E-state index in [9.17, 15) is 25.5 Å². The number of aromatic hydroxyl groups is 1. The van der Waals surface area contributed by atoms with E-state index in [0.717, 1.165) is 5.57 Å². The Kier molecular flexibility index (Phi) is 5.12. The van der Waals surface area contributed by atoms with Gasteiger partial charge in [-0.2, -0.15) is 0 Å². The number of phenolic OH excluding ortho intramolecular Hbond substituents is 1. The highest BCUT2D eigenvalue weighted by molar-refractivity contribution is 5.93. The molecular weight excluding hydrogens is 466 g/mol. The molecule has 6 nitrogen and oxygen atoms in total. The summed E-state index contributed by atoms with van der Waals surface area (Å²) in [4.78, 5) is 1.83. The molecule has 5 aliphatic carbocycles. The standard InChI is InChI=1S/C31H31NO5/c1-30(36)19-13-8-14-23(33)26(19)25(18-11-6-7-12-18)27-21(30)15-22-28(32(2)3)24(34)16-20(17-9-4-5-10-17)31(22,37)29(27)35/h4-14,16,21-22,28,33-37H,15H2,1-3H3. The van der Waals surface area contributed by atoms with Crippen LogP contribution in [0.5, 0.6) is 5.75 Å². The number of rotatable bonds is 1. The van der Waals surface area contributed by atoms with Crippen molar-refractivity contribution in [2.75, 3.05) is 14.1 Å². The van der Waals surface area contributed by atoms with E-state index < -0.39 is 29.1 Å². The Labute approximate surface area is 216 Å². The highest BCUT2D eigenvalue weighted by Crippen LogP contribution is 2.61. The Morgan fingerprint density at radius 1 is 0.892 bits per heavy atom. The minimum Gasteiger partial charge on any atom is -0.511 e. The molecule has 0 fully saturated rings. The van der Waals surface area contributed by atoms with Crippen molar-refractivity contribution >= 4 is 5.57 Å². The summed E-state index contributed by atoms with van der Waals surface area (Å²) in [5.41, 5.74) is 0.620. The van der Waals surface area contributed by atoms with E-state index in [4.69, 9.17) is 0 Å². The number of hydrogen-bond acceptors (Lipinski definition) is 6. The second kappa shape index (κ2) is 7.96. The molecule has 37 heavy (non-hydrogen) atoms. The van der Waals surface area contributed by atoms with Gasteiger partial charge in [0, 0.05) is 34.1 Å². The van der Waals surface area contributed by atoms with Gasteiger partial charge in [0.15, 0.2) is 5.60 Å². The minimum atomic E-state index is -1.84. The van der Waals surface area contributed by atoms with Crippen LogP contribution in [0.2, 0.25) is 0 Å². The number of likely N-dealkylation sites (N-methyl/N-ethyl adjacent to an activating group) is 1. The van der Waals surface area contributed by atoms with E-state index in [2.05, 4.69) is 0 Å². The highest BCUT2D eigenvalue weighted by Gasteiger charge is 2.61. The molecule has 1 aromatic carbocycles. The molecule has 0 bridgehead atoms. The Morgan fingerprint density at radius 3 is 2.14 bits per heavy atom. The summed E-state index contributed by atoms with van der Waals surface area (Å²) in [6.07, 6.45) is 16.8. The van der Waals surface area contributed by atoms with Crippen molar-refractivity contribution in [1.29, 1.82) is 0 Å². The van der Waals surface area contributed by atoms with Gasteiger partial charge in [0.2, 0.25) is 0 Å². The van der Waals surface area contributed by atoms with E-state index in [1.165, 1.54) is 0 Å². The third kappa shape index (κ3) is 3.10. The Hall–Kier alpha value is -3.58. The zero-order valence-electron chi connectivity index (χ0n) is 21.1. The first-order valence-corrected chi connectivity index (χ1v) is 12.6. The van der Waals surface area contributed by atoms with E-state index in [0.29, 0.717) is 33.4 Å². The summed E-state index contributed by atoms with van der Waals surface area (Å²) < 4.78 is 0. The highest BCUT2D eigenvalue weighted by atomic mass is 16.3. The average molecular weight is 498 g/mol. The fraction of sp³-hybridized carbons (Fsp3) is 0.290. The van der Waals surface area contributed by atoms with Gasteiger partial charge < -0.3 is 25.5 Å². The third-order valence-corrected chi connectivity index (χ3v) is 8.64. The van der Waals surface area contributed by atoms with Crippen LogP contribution in [0.3, 0.4) is 0 Å². The van der Waals surface area contributed by atoms with Gasteiger partial charge in [0.25, 0.3) is 0 Å². The quantitative estimate of drug-likeness (QED) is 0.392. The molecule has 0 heterocycles. The van der Waals surface area contributed by atoms with Crippen LogP contribution in [-0.2, 0) is 5.60 Å². The lowest BCUT2D eigenvalue weighted by molar-refractivity contribution is -0.0776. The smallest absolute Gasteiger partial charge is 0.152 e. The second-order valence-corrected chi connectivity index (χ2v) is 10.9. The lowest BCUT2D eigenvalue weighted by Gasteiger charge is -2.55. The van der Waals surface area contributed by atoms with Crippen molar-refractivity contribution < 1.29 is 25.5 Å². The molecule has 190 valence electrons. The van der Waals surface area contributed by atoms with Crippen LogP contribution < -0.4 is 0 Å². The molecule has 5 aliphatic rings. The molecule has 6 rings (SSSR count). The van der Waals surface area contributed by atoms with Gasteiger partial charge in [0.1, 0.15) is 17.3 Å². The fourth-order valence-corrected chi connectivity index (χ4v) is 6.99. The molecular formula is C31H31NO5. The summed E-state index contributed by atoms with van der Waals surface area (Å²) in [6, 6.07) is 4.49. The van der Waals surface area contributed by atoms with Gasteiger partial charge in [0.05, 0.1) is 11.6 Å². The first-order valence-electron chi connectivity index (χ1n) is 12.6. The summed E-state index contributed by atoms with van der Waals surface area (Å²) in [6.45, 7) is 1.69. The van der Waals surface area contributed by atoms with E-state index in [1.54, 1.807) is 31.2 Å². The van der Waals surface area contributed by atoms with Gasteiger partial charge in [-0.25, -0.2) is 0 Å². The SMILES string of the molecule is CN(C)C1C(O)=CC(=C2C=CC=C2)C2(O)C(O)=C3C(=C4C=CC=C4)c4c(O)cccc4C(C)(O)C3CC12. The van der Waals surface area contributed by atoms with Gasteiger partial charge in [-0.3, -0.25) is 4.90 Å². The predicted molar refractivity (Wildman–Crippen MR) is 143 cm³/mol. The topological polar surface area (TPSA) is 104 Å². The number of nitrogens with zero attached hydrogens (tertiary/aromatic N) is 1. The van der Waals surface area contributed by atoms with Crippen molar-refractivity contribution in [1.82, 2.24) is 4.90 Å². The van der Waals surface area contributed by atoms with Crippen molar-refractivity contribution in [2.24, 2.45) is 11.8 Å². The van der Waals surface area contributed by atoms with Crippen LogP contribution >= 0.6 is 0 Å². The maximum Gasteiger partial charge on any atom is 0.152 e. The second-order valence-electron chi connectivity index (χ2n) is 10.9. The lowest BCUT2D eigenvalue weighted by Crippen LogP contribution is -2.60. The molecule has 0 saturated carbocycles. The molecule has 0 amide bonds. The molecule has 0 spiro atoms. The molecule has 1 aromatic rings. The Balaban J connectivity index is 1.74. The normalized spacial score (nSPS) is 33.9. The van der Waals surface area contributed by atoms with Crippen LogP contribution in [0.25, 0.3) is 5.57 Å². The van der Waals surface area contributed by atoms with Crippen molar-refractivity contribution in [3.8, 4) is 5.75 Å². The maximum atomic E-state index is 12.6. The number of phenols is 1. The zero-order valence-corrected chi connectivity index (χ0v) is 21.1. The Bertz CT molecular complexity index is 1430. The van der Waals surface area contributed by atoms with Crippen molar-refractivity contribution in [3.63, 3.8) is 0 Å². The van der Waals surface area contributed by atoms with Crippen LogP contribution in [0, 0.1) is 11.8 Å². The number of allylic oxidation sites excluding steroid dienone is 11. The van der Waals surface area contributed by atoms with Crippen LogP contribution in [0.1, 0.15) is 24.5 Å². The number of aliphatic hydroxyl groups excluding tert-OH is 2. The fourth-order valence-electron chi connectivity index (χ4n) is 6.99. The number of benzene rings is 1. The molecule has 5 N–H and O–H groups in total. The molecule has 5 atom stereocenters. The predicted octanol–water partition coefficient (Wildman–Crippen LogP) is 4.48. The number of aliphatic hydroxyl groups is 4. The van der Waals surface area contributed by atoms with Gasteiger partial charge in [-0.1, -0.05) is 60.7 Å². The van der Waals surface area contributed by atoms with Crippen molar-refractivity contribution in [3.05, 3.63) is 118 Å². The van der Waals surface area contributed by atoms with E-state index >= 15 is 0 Å². The first-order chi connectivity index (χ1) is 17.6. The molecule has 0 radical (unpaired) electrons. The molecule has 0 saturated heterocycles. The summed E-state index contributed by atoms with van der Waals surface area (Å²) in [5.74, 6) is -1.43. The summed E-state index contributed by atoms with van der Waals surface area (Å²) in [5, 5.41) is 59.0. The maximum absolute atomic E-state index is 12.6. The lowest BCUT2D eigenvalue weighted by atomic mass is 9.54. The Morgan fingerprint density at radius 2 is 1.51 bits per heavy atom. The van der Waals surface area contributed by atoms with Gasteiger partial charge in [-0.15, -0.1) is 0 Å². The minimum absolute atomic E-state index is 0.00516. The largest absolute Gasteiger partial charge is 0.511 e. The third-order valence-electron chi connectivity index (χ3n) is 8.64. The van der Waals surface area contributed by atoms with Crippen LogP contribution in [0.15, 0.2) is 107 Å². The molecule has 6 heteroatoms. The number of fused-ring (bicyclic) bond motifs is 3. The zero-order chi connectivity index (χ0) is 26.3. The van der Waals surface area contributed by atoms with E-state index in [-0.39, 0.29) is 23.7 Å². The van der Waals surface area contributed by atoms with Crippen LogP contribution in [0.4, 0.5) is 0 Å². The van der Waals surface area contributed by atoms with Crippen LogP contribution in [-0.4, -0.2) is 56.2 Å². The van der Waals surface area contributed by atoms with Gasteiger partial charge >= 0.3 is 0 Å². The van der Waals surface area contributed by atoms with Gasteiger partial charge in [-0.05, 0) is 56.3 Å². The molecule has 0 aromatic heterocycles. The number of hydrogen-bond donors (Lipinski definition) is 5. The summed E-state index contributed by atoms with van der Waals surface area (Å²) >= 11 is 0. The monoisotopic (exact) mass is 497 g/mol. The van der Waals surface area contributed by atoms with E-state index in [1.807, 2.05) is 67.6 Å². The first kappa shape index (κ1) is 23.8. The molecule has 5 unspecified atom stereocenters.